The molecule has 1 heterocycles. The van der Waals surface area contributed by atoms with Crippen LogP contribution in [0.25, 0.3) is 0 Å². The molecule has 0 radical (unpaired) electrons. The van der Waals surface area contributed by atoms with Crippen LogP contribution in [0.2, 0.25) is 0 Å². The first kappa shape index (κ1) is 12.9. The molecule has 3 heteroatoms. The van der Waals surface area contributed by atoms with Crippen molar-refractivity contribution in [2.24, 2.45) is 0 Å². The molecule has 1 N–H and O–H groups in total. The highest BCUT2D eigenvalue weighted by Gasteiger charge is 2.25. The minimum Gasteiger partial charge on any atom is -0.357 e. The summed E-state index contributed by atoms with van der Waals surface area (Å²) in [5.41, 5.74) is 2.53. The number of nitrogens with one attached hydrogen (secondary N) is 1. The second kappa shape index (κ2) is 5.87. The summed E-state index contributed by atoms with van der Waals surface area (Å²) < 4.78 is 6.93. The van der Waals surface area contributed by atoms with E-state index in [4.69, 9.17) is 4.74 Å². The zero-order chi connectivity index (χ0) is 13.1. The van der Waals surface area contributed by atoms with Crippen LogP contribution in [0.4, 0.5) is 0 Å². The van der Waals surface area contributed by atoms with E-state index in [1.165, 1.54) is 11.1 Å². The molecule has 19 heavy (non-hydrogen) atoms. The zero-order valence-electron chi connectivity index (χ0n) is 10.6. The number of benzene rings is 2. The second-order valence-corrected chi connectivity index (χ2v) is 5.73. The minimum absolute atomic E-state index is 0.0156. The lowest BCUT2D eigenvalue weighted by molar-refractivity contribution is 0.101. The fraction of sp³-hybridized carbons (Fsp3) is 0.250. The topological polar surface area (TPSA) is 21.3 Å². The third kappa shape index (κ3) is 3.24. The number of rotatable bonds is 3. The second-order valence-electron chi connectivity index (χ2n) is 4.82. The van der Waals surface area contributed by atoms with E-state index in [1.54, 1.807) is 0 Å². The van der Waals surface area contributed by atoms with Gasteiger partial charge in [0.05, 0.1) is 6.61 Å². The van der Waals surface area contributed by atoms with Crippen molar-refractivity contribution in [2.75, 3.05) is 6.61 Å². The molecule has 0 bridgehead atoms. The largest absolute Gasteiger partial charge is 0.357 e. The highest BCUT2D eigenvalue weighted by atomic mass is 79.9. The van der Waals surface area contributed by atoms with Gasteiger partial charge < -0.3 is 4.74 Å². The Balaban J connectivity index is 1.62. The molecule has 98 valence electrons. The van der Waals surface area contributed by atoms with E-state index in [0.29, 0.717) is 6.04 Å². The molecule has 1 fully saturated rings. The lowest BCUT2D eigenvalue weighted by Gasteiger charge is -2.12. The third-order valence-corrected chi connectivity index (χ3v) is 3.88. The Kier molecular flexibility index (Phi) is 3.97. The van der Waals surface area contributed by atoms with Crippen molar-refractivity contribution in [3.8, 4) is 0 Å². The fourth-order valence-corrected chi connectivity index (χ4v) is 2.63. The first-order valence-electron chi connectivity index (χ1n) is 6.48. The Bertz CT molecular complexity index is 526. The molecular formula is C16H16BrNO. The van der Waals surface area contributed by atoms with Crippen molar-refractivity contribution in [2.45, 2.75) is 18.7 Å². The molecule has 2 nitrogen and oxygen atoms in total. The van der Waals surface area contributed by atoms with E-state index in [9.17, 15) is 0 Å². The summed E-state index contributed by atoms with van der Waals surface area (Å²) >= 11 is 3.45. The van der Waals surface area contributed by atoms with Crippen molar-refractivity contribution in [1.82, 2.24) is 5.32 Å². The lowest BCUT2D eigenvalue weighted by atomic mass is 10.1. The molecule has 2 atom stereocenters. The van der Waals surface area contributed by atoms with Crippen molar-refractivity contribution in [1.29, 1.82) is 0 Å². The normalized spacial score (nSPS) is 22.6. The molecule has 1 aliphatic heterocycles. The Morgan fingerprint density at radius 2 is 1.79 bits per heavy atom. The van der Waals surface area contributed by atoms with Gasteiger partial charge in [-0.15, -0.1) is 0 Å². The Labute approximate surface area is 121 Å². The molecule has 0 spiro atoms. The first-order chi connectivity index (χ1) is 9.31. The molecule has 0 saturated carbocycles. The zero-order valence-corrected chi connectivity index (χ0v) is 12.1. The van der Waals surface area contributed by atoms with Gasteiger partial charge in [0, 0.05) is 10.5 Å². The van der Waals surface area contributed by atoms with Gasteiger partial charge in [0.1, 0.15) is 6.23 Å². The molecular weight excluding hydrogens is 302 g/mol. The summed E-state index contributed by atoms with van der Waals surface area (Å²) in [7, 11) is 0. The maximum atomic E-state index is 5.84. The van der Waals surface area contributed by atoms with Crippen LogP contribution in [0, 0.1) is 0 Å². The monoisotopic (exact) mass is 317 g/mol. The molecule has 0 aromatic heterocycles. The summed E-state index contributed by atoms with van der Waals surface area (Å²) in [6.07, 6.45) is 1.02. The summed E-state index contributed by atoms with van der Waals surface area (Å²) in [4.78, 5) is 0. The first-order valence-corrected chi connectivity index (χ1v) is 7.27. The van der Waals surface area contributed by atoms with Crippen molar-refractivity contribution in [3.05, 3.63) is 70.2 Å². The highest BCUT2D eigenvalue weighted by Crippen LogP contribution is 2.23. The SMILES string of the molecule is Brc1ccc([C@@H]2N[C@@H](Cc3ccccc3)CO2)cc1. The van der Waals surface area contributed by atoms with Gasteiger partial charge in [0.2, 0.25) is 0 Å². The molecule has 1 aliphatic rings. The fourth-order valence-electron chi connectivity index (χ4n) is 2.37. The maximum Gasteiger partial charge on any atom is 0.134 e. The van der Waals surface area contributed by atoms with E-state index >= 15 is 0 Å². The molecule has 2 aromatic rings. The smallest absolute Gasteiger partial charge is 0.134 e. The summed E-state index contributed by atoms with van der Waals surface area (Å²) in [5.74, 6) is 0. The van der Waals surface area contributed by atoms with E-state index in [-0.39, 0.29) is 6.23 Å². The van der Waals surface area contributed by atoms with Gasteiger partial charge in [-0.2, -0.15) is 0 Å². The number of ether oxygens (including phenoxy) is 1. The van der Waals surface area contributed by atoms with Gasteiger partial charge >= 0.3 is 0 Å². The van der Waals surface area contributed by atoms with Gasteiger partial charge in [-0.1, -0.05) is 58.4 Å². The third-order valence-electron chi connectivity index (χ3n) is 3.35. The van der Waals surface area contributed by atoms with Crippen LogP contribution in [0.5, 0.6) is 0 Å². The van der Waals surface area contributed by atoms with Crippen LogP contribution in [0.1, 0.15) is 17.4 Å². The standard InChI is InChI=1S/C16H16BrNO/c17-14-8-6-13(7-9-14)16-18-15(11-19-16)10-12-4-2-1-3-5-12/h1-9,15-16,18H,10-11H2/t15-,16+/m0/s1. The average molecular weight is 318 g/mol. The predicted molar refractivity (Wildman–Crippen MR) is 79.9 cm³/mol. The van der Waals surface area contributed by atoms with Gasteiger partial charge in [-0.05, 0) is 29.7 Å². The van der Waals surface area contributed by atoms with Gasteiger partial charge in [0.25, 0.3) is 0 Å². The van der Waals surface area contributed by atoms with Gasteiger partial charge in [0.15, 0.2) is 0 Å². The van der Waals surface area contributed by atoms with Gasteiger partial charge in [-0.3, -0.25) is 5.32 Å². The molecule has 1 saturated heterocycles. The summed E-state index contributed by atoms with van der Waals surface area (Å²) in [6.45, 7) is 0.760. The Hall–Kier alpha value is -1.16. The number of hydrogen-bond donors (Lipinski definition) is 1. The van der Waals surface area contributed by atoms with E-state index < -0.39 is 0 Å². The van der Waals surface area contributed by atoms with E-state index in [2.05, 4.69) is 57.6 Å². The van der Waals surface area contributed by atoms with Crippen molar-refractivity contribution < 1.29 is 4.74 Å². The molecule has 3 rings (SSSR count). The molecule has 0 aliphatic carbocycles. The van der Waals surface area contributed by atoms with E-state index in [1.807, 2.05) is 18.2 Å². The Morgan fingerprint density at radius 1 is 1.05 bits per heavy atom. The minimum atomic E-state index is 0.0156. The van der Waals surface area contributed by atoms with Crippen LogP contribution >= 0.6 is 15.9 Å². The lowest BCUT2D eigenvalue weighted by Crippen LogP contribution is -2.27. The number of halogens is 1. The van der Waals surface area contributed by atoms with Crippen molar-refractivity contribution in [3.63, 3.8) is 0 Å². The Morgan fingerprint density at radius 3 is 2.53 bits per heavy atom. The van der Waals surface area contributed by atoms with Crippen LogP contribution in [0.15, 0.2) is 59.1 Å². The maximum absolute atomic E-state index is 5.84. The highest BCUT2D eigenvalue weighted by molar-refractivity contribution is 9.10. The van der Waals surface area contributed by atoms with Crippen LogP contribution in [-0.2, 0) is 11.2 Å². The molecule has 0 unspecified atom stereocenters. The van der Waals surface area contributed by atoms with Crippen LogP contribution in [0.3, 0.4) is 0 Å². The van der Waals surface area contributed by atoms with Crippen LogP contribution < -0.4 is 5.32 Å². The van der Waals surface area contributed by atoms with E-state index in [0.717, 1.165) is 17.5 Å². The summed E-state index contributed by atoms with van der Waals surface area (Å²) in [5, 5.41) is 3.54. The molecule has 0 amide bonds. The average Bonchev–Trinajstić information content (AvgIpc) is 2.89. The van der Waals surface area contributed by atoms with Crippen LogP contribution in [-0.4, -0.2) is 12.6 Å². The number of hydrogen-bond acceptors (Lipinski definition) is 2. The summed E-state index contributed by atoms with van der Waals surface area (Å²) in [6, 6.07) is 19.2. The quantitative estimate of drug-likeness (QED) is 0.932. The predicted octanol–water partition coefficient (Wildman–Crippen LogP) is 3.68. The van der Waals surface area contributed by atoms with Gasteiger partial charge in [-0.25, -0.2) is 0 Å². The molecule has 2 aromatic carbocycles. The van der Waals surface area contributed by atoms with Crippen molar-refractivity contribution >= 4 is 15.9 Å².